The molecule has 1 aliphatic heterocycles. The SMILES string of the molecule is CCCC1CCN(CCNCCN(C)C)CC1. The molecule has 0 spiro atoms. The number of hydrogen-bond donors (Lipinski definition) is 1. The van der Waals surface area contributed by atoms with Crippen LogP contribution in [0.25, 0.3) is 0 Å². The minimum absolute atomic E-state index is 1.01. The molecule has 1 N–H and O–H groups in total. The molecule has 0 aliphatic carbocycles. The van der Waals surface area contributed by atoms with Gasteiger partial charge in [0.05, 0.1) is 0 Å². The van der Waals surface area contributed by atoms with Crippen LogP contribution in [0.2, 0.25) is 0 Å². The van der Waals surface area contributed by atoms with E-state index in [0.29, 0.717) is 0 Å². The fourth-order valence-electron chi connectivity index (χ4n) is 2.57. The van der Waals surface area contributed by atoms with E-state index in [2.05, 4.69) is 36.1 Å². The Labute approximate surface area is 108 Å². The number of nitrogens with one attached hydrogen (secondary N) is 1. The zero-order valence-corrected chi connectivity index (χ0v) is 12.0. The van der Waals surface area contributed by atoms with Gasteiger partial charge < -0.3 is 15.1 Å². The summed E-state index contributed by atoms with van der Waals surface area (Å²) < 4.78 is 0. The van der Waals surface area contributed by atoms with E-state index in [9.17, 15) is 0 Å². The van der Waals surface area contributed by atoms with Gasteiger partial charge in [0.2, 0.25) is 0 Å². The molecule has 3 nitrogen and oxygen atoms in total. The summed E-state index contributed by atoms with van der Waals surface area (Å²) in [7, 11) is 4.25. The van der Waals surface area contributed by atoms with Crippen molar-refractivity contribution in [3.63, 3.8) is 0 Å². The lowest BCUT2D eigenvalue weighted by atomic mass is 9.92. The molecule has 0 aromatic carbocycles. The molecule has 0 atom stereocenters. The lowest BCUT2D eigenvalue weighted by molar-refractivity contribution is 0.179. The predicted molar refractivity (Wildman–Crippen MR) is 75.5 cm³/mol. The molecule has 3 heteroatoms. The van der Waals surface area contributed by atoms with Gasteiger partial charge in [-0.15, -0.1) is 0 Å². The average molecular weight is 241 g/mol. The number of piperidine rings is 1. The Hall–Kier alpha value is -0.120. The van der Waals surface area contributed by atoms with Crippen LogP contribution in [0.4, 0.5) is 0 Å². The number of likely N-dealkylation sites (tertiary alicyclic amines) is 1. The number of nitrogens with zero attached hydrogens (tertiary/aromatic N) is 2. The first kappa shape index (κ1) is 14.9. The maximum atomic E-state index is 3.52. The smallest absolute Gasteiger partial charge is 0.0107 e. The summed E-state index contributed by atoms with van der Waals surface area (Å²) in [5.41, 5.74) is 0. The highest BCUT2D eigenvalue weighted by atomic mass is 15.1. The first-order valence-electron chi connectivity index (χ1n) is 7.30. The Morgan fingerprint density at radius 1 is 1.18 bits per heavy atom. The van der Waals surface area contributed by atoms with Gasteiger partial charge in [-0.25, -0.2) is 0 Å². The fraction of sp³-hybridized carbons (Fsp3) is 1.00. The first-order chi connectivity index (χ1) is 8.22. The van der Waals surface area contributed by atoms with Gasteiger partial charge in [-0.05, 0) is 45.9 Å². The van der Waals surface area contributed by atoms with E-state index in [4.69, 9.17) is 0 Å². The van der Waals surface area contributed by atoms with E-state index < -0.39 is 0 Å². The second-order valence-electron chi connectivity index (χ2n) is 5.63. The van der Waals surface area contributed by atoms with Crippen LogP contribution >= 0.6 is 0 Å². The van der Waals surface area contributed by atoms with Crippen molar-refractivity contribution in [2.45, 2.75) is 32.6 Å². The van der Waals surface area contributed by atoms with Crippen molar-refractivity contribution in [2.24, 2.45) is 5.92 Å². The summed E-state index contributed by atoms with van der Waals surface area (Å²) in [6.07, 6.45) is 5.64. The van der Waals surface area contributed by atoms with E-state index in [1.807, 2.05) is 0 Å². The zero-order chi connectivity index (χ0) is 12.5. The van der Waals surface area contributed by atoms with Crippen molar-refractivity contribution >= 4 is 0 Å². The van der Waals surface area contributed by atoms with Crippen molar-refractivity contribution < 1.29 is 0 Å². The first-order valence-corrected chi connectivity index (χ1v) is 7.30. The van der Waals surface area contributed by atoms with Crippen LogP contribution < -0.4 is 5.32 Å². The monoisotopic (exact) mass is 241 g/mol. The van der Waals surface area contributed by atoms with Crippen LogP contribution in [0.3, 0.4) is 0 Å². The number of hydrogen-bond acceptors (Lipinski definition) is 3. The van der Waals surface area contributed by atoms with Gasteiger partial charge in [-0.3, -0.25) is 0 Å². The standard InChI is InChI=1S/C14H31N3/c1-4-5-14-6-10-17(11-7-14)13-9-15-8-12-16(2)3/h14-15H,4-13H2,1-3H3. The van der Waals surface area contributed by atoms with Gasteiger partial charge >= 0.3 is 0 Å². The topological polar surface area (TPSA) is 18.5 Å². The van der Waals surface area contributed by atoms with Crippen molar-refractivity contribution in [2.75, 3.05) is 53.4 Å². The molecule has 0 unspecified atom stereocenters. The molecule has 0 saturated carbocycles. The fourth-order valence-corrected chi connectivity index (χ4v) is 2.57. The largest absolute Gasteiger partial charge is 0.314 e. The van der Waals surface area contributed by atoms with Crippen LogP contribution in [-0.4, -0.2) is 63.2 Å². The third-order valence-electron chi connectivity index (χ3n) is 3.74. The Morgan fingerprint density at radius 3 is 2.47 bits per heavy atom. The number of rotatable bonds is 8. The average Bonchev–Trinajstić information content (AvgIpc) is 2.31. The van der Waals surface area contributed by atoms with Crippen molar-refractivity contribution in [3.05, 3.63) is 0 Å². The molecular weight excluding hydrogens is 210 g/mol. The number of likely N-dealkylation sites (N-methyl/N-ethyl adjacent to an activating group) is 1. The van der Waals surface area contributed by atoms with Gasteiger partial charge in [0.25, 0.3) is 0 Å². The molecule has 1 saturated heterocycles. The Balaban J connectivity index is 1.95. The normalized spacial score (nSPS) is 19.1. The molecule has 102 valence electrons. The summed E-state index contributed by atoms with van der Waals surface area (Å²) in [5.74, 6) is 1.01. The lowest BCUT2D eigenvalue weighted by Gasteiger charge is -2.31. The predicted octanol–water partition coefficient (Wildman–Crippen LogP) is 1.65. The second-order valence-corrected chi connectivity index (χ2v) is 5.63. The third kappa shape index (κ3) is 7.02. The van der Waals surface area contributed by atoms with Gasteiger partial charge in [0.1, 0.15) is 0 Å². The van der Waals surface area contributed by atoms with Crippen LogP contribution in [0.1, 0.15) is 32.6 Å². The maximum Gasteiger partial charge on any atom is 0.0107 e. The molecule has 17 heavy (non-hydrogen) atoms. The molecule has 0 bridgehead atoms. The Morgan fingerprint density at radius 2 is 1.88 bits per heavy atom. The summed E-state index contributed by atoms with van der Waals surface area (Å²) in [6.45, 7) is 9.57. The molecule has 1 heterocycles. The van der Waals surface area contributed by atoms with Crippen LogP contribution in [-0.2, 0) is 0 Å². The highest BCUT2D eigenvalue weighted by Gasteiger charge is 2.17. The van der Waals surface area contributed by atoms with Gasteiger partial charge in [-0.2, -0.15) is 0 Å². The van der Waals surface area contributed by atoms with Crippen molar-refractivity contribution in [1.82, 2.24) is 15.1 Å². The summed E-state index contributed by atoms with van der Waals surface area (Å²) in [4.78, 5) is 4.85. The van der Waals surface area contributed by atoms with E-state index in [1.54, 1.807) is 0 Å². The van der Waals surface area contributed by atoms with E-state index in [0.717, 1.165) is 25.6 Å². The van der Waals surface area contributed by atoms with Crippen molar-refractivity contribution in [1.29, 1.82) is 0 Å². The minimum Gasteiger partial charge on any atom is -0.314 e. The Kier molecular flexibility index (Phi) is 7.82. The van der Waals surface area contributed by atoms with Crippen LogP contribution in [0, 0.1) is 5.92 Å². The van der Waals surface area contributed by atoms with Crippen LogP contribution in [0.15, 0.2) is 0 Å². The lowest BCUT2D eigenvalue weighted by Crippen LogP contribution is -2.39. The summed E-state index contributed by atoms with van der Waals surface area (Å²) >= 11 is 0. The van der Waals surface area contributed by atoms with E-state index in [-0.39, 0.29) is 0 Å². The quantitative estimate of drug-likeness (QED) is 0.652. The van der Waals surface area contributed by atoms with Crippen LogP contribution in [0.5, 0.6) is 0 Å². The molecule has 0 aromatic heterocycles. The van der Waals surface area contributed by atoms with Gasteiger partial charge in [0.15, 0.2) is 0 Å². The highest BCUT2D eigenvalue weighted by Crippen LogP contribution is 2.21. The van der Waals surface area contributed by atoms with Gasteiger partial charge in [-0.1, -0.05) is 19.8 Å². The molecule has 0 aromatic rings. The third-order valence-corrected chi connectivity index (χ3v) is 3.74. The summed E-state index contributed by atoms with van der Waals surface area (Å²) in [6, 6.07) is 0. The molecule has 0 radical (unpaired) electrons. The molecule has 1 aliphatic rings. The minimum atomic E-state index is 1.01. The second kappa shape index (κ2) is 8.90. The zero-order valence-electron chi connectivity index (χ0n) is 12.0. The Bertz CT molecular complexity index is 174. The highest BCUT2D eigenvalue weighted by molar-refractivity contribution is 4.72. The molecular formula is C14H31N3. The molecule has 0 amide bonds. The maximum absolute atomic E-state index is 3.52. The van der Waals surface area contributed by atoms with E-state index in [1.165, 1.54) is 45.3 Å². The van der Waals surface area contributed by atoms with E-state index >= 15 is 0 Å². The summed E-state index contributed by atoms with van der Waals surface area (Å²) in [5, 5.41) is 3.52. The molecule has 1 fully saturated rings. The van der Waals surface area contributed by atoms with Crippen molar-refractivity contribution in [3.8, 4) is 0 Å². The van der Waals surface area contributed by atoms with Gasteiger partial charge in [0, 0.05) is 26.2 Å². The molecule has 1 rings (SSSR count).